The van der Waals surface area contributed by atoms with Crippen LogP contribution in [0, 0.1) is 0 Å². The van der Waals surface area contributed by atoms with E-state index in [9.17, 15) is 0 Å². The van der Waals surface area contributed by atoms with Gasteiger partial charge in [0, 0.05) is 71.5 Å². The van der Waals surface area contributed by atoms with Crippen molar-refractivity contribution in [2.75, 3.05) is 4.90 Å². The van der Waals surface area contributed by atoms with Crippen LogP contribution in [0.25, 0.3) is 98.4 Å². The molecule has 0 fully saturated rings. The Hall–Kier alpha value is -8.65. The van der Waals surface area contributed by atoms with Crippen LogP contribution in [0.5, 0.6) is 0 Å². The number of benzene rings is 9. The van der Waals surface area contributed by atoms with E-state index < -0.39 is 0 Å². The van der Waals surface area contributed by atoms with Crippen LogP contribution in [0.2, 0.25) is 0 Å². The second kappa shape index (κ2) is 15.6. The van der Waals surface area contributed by atoms with Gasteiger partial charge in [0.05, 0.1) is 27.8 Å². The first-order valence-electron chi connectivity index (χ1n) is 22.1. The molecule has 4 heterocycles. The lowest BCUT2D eigenvalue weighted by Crippen LogP contribution is -2.10. The first-order valence-corrected chi connectivity index (χ1v) is 22.9. The molecular weight excluding hydrogens is 825 g/mol. The minimum atomic E-state index is 0.897. The van der Waals surface area contributed by atoms with Crippen molar-refractivity contribution in [2.45, 2.75) is 0 Å². The van der Waals surface area contributed by atoms with Crippen LogP contribution in [0.15, 0.2) is 231 Å². The quantitative estimate of drug-likeness (QED) is 0.153. The lowest BCUT2D eigenvalue weighted by atomic mass is 10.0. The lowest BCUT2D eigenvalue weighted by molar-refractivity contribution is 1.10. The number of thiophene rings is 1. The maximum atomic E-state index is 5.16. The first kappa shape index (κ1) is 37.9. The molecule has 0 N–H and O–H groups in total. The monoisotopic (exact) mass is 862 g/mol. The number of hydrogen-bond donors (Lipinski definition) is 0. The molecule has 4 aromatic heterocycles. The van der Waals surface area contributed by atoms with Crippen molar-refractivity contribution < 1.29 is 0 Å². The molecule has 0 aliphatic rings. The second-order valence-corrected chi connectivity index (χ2v) is 17.6. The van der Waals surface area contributed by atoms with Gasteiger partial charge in [-0.25, -0.2) is 9.97 Å². The summed E-state index contributed by atoms with van der Waals surface area (Å²) in [7, 11) is 0. The smallest absolute Gasteiger partial charge is 0.145 e. The number of hydrogen-bond acceptors (Lipinski definition) is 5. The summed E-state index contributed by atoms with van der Waals surface area (Å²) in [4.78, 5) is 17.6. The van der Waals surface area contributed by atoms with Gasteiger partial charge in [0.25, 0.3) is 0 Å². The Morgan fingerprint density at radius 1 is 0.379 bits per heavy atom. The molecule has 0 bridgehead atoms. The highest BCUT2D eigenvalue weighted by atomic mass is 32.1. The van der Waals surface area contributed by atoms with E-state index in [2.05, 4.69) is 214 Å². The summed E-state index contributed by atoms with van der Waals surface area (Å²) in [6, 6.07) is 79.4. The standard InChI is InChI=1S/C59H38N6S/c1-3-13-44(14-4-1)64-54-20-10-8-18-51(54)61-58(64)39-25-30-46(31-26-39)63(47-32-27-40(28-33-47)59-62-52-19-9-11-21-55(52)65(59)45-15-5-2-6-16-45)48-34-29-41-35-43(24-23-42(41)36-48)53-37-57-50(38-60-53)49-17-7-12-22-56(49)66-57/h1-38H. The topological polar surface area (TPSA) is 51.8 Å². The molecule has 0 saturated heterocycles. The van der Waals surface area contributed by atoms with E-state index in [0.717, 1.165) is 95.3 Å². The first-order chi connectivity index (χ1) is 32.7. The van der Waals surface area contributed by atoms with E-state index in [0.29, 0.717) is 0 Å². The third-order valence-corrected chi connectivity index (χ3v) is 13.7. The fourth-order valence-corrected chi connectivity index (χ4v) is 10.5. The summed E-state index contributed by atoms with van der Waals surface area (Å²) in [5.41, 5.74) is 13.4. The van der Waals surface area contributed by atoms with E-state index in [1.165, 1.54) is 20.2 Å². The van der Waals surface area contributed by atoms with Crippen LogP contribution in [0.3, 0.4) is 0 Å². The number of para-hydroxylation sites is 6. The largest absolute Gasteiger partial charge is 0.310 e. The zero-order valence-electron chi connectivity index (χ0n) is 35.5. The zero-order valence-corrected chi connectivity index (χ0v) is 36.3. The Morgan fingerprint density at radius 2 is 0.879 bits per heavy atom. The zero-order chi connectivity index (χ0) is 43.6. The predicted molar refractivity (Wildman–Crippen MR) is 275 cm³/mol. The molecule has 310 valence electrons. The third-order valence-electron chi connectivity index (χ3n) is 12.6. The third kappa shape index (κ3) is 6.44. The Balaban J connectivity index is 0.912. The summed E-state index contributed by atoms with van der Waals surface area (Å²) in [6.07, 6.45) is 2.03. The number of aromatic nitrogens is 5. The molecule has 0 saturated carbocycles. The molecule has 13 rings (SSSR count). The Bertz CT molecular complexity index is 3770. The molecule has 0 spiro atoms. The molecule has 7 heteroatoms. The lowest BCUT2D eigenvalue weighted by Gasteiger charge is -2.26. The van der Waals surface area contributed by atoms with Gasteiger partial charge in [-0.05, 0) is 138 Å². The summed E-state index contributed by atoms with van der Waals surface area (Å²) in [5.74, 6) is 1.79. The van der Waals surface area contributed by atoms with Gasteiger partial charge in [-0.15, -0.1) is 11.3 Å². The van der Waals surface area contributed by atoms with Crippen LogP contribution in [-0.4, -0.2) is 24.1 Å². The maximum Gasteiger partial charge on any atom is 0.145 e. The van der Waals surface area contributed by atoms with Crippen LogP contribution in [0.4, 0.5) is 17.1 Å². The molecule has 0 atom stereocenters. The van der Waals surface area contributed by atoms with E-state index >= 15 is 0 Å². The molecule has 6 nitrogen and oxygen atoms in total. The molecule has 9 aromatic carbocycles. The summed E-state index contributed by atoms with van der Waals surface area (Å²) in [5, 5.41) is 4.76. The van der Waals surface area contributed by atoms with Crippen molar-refractivity contribution >= 4 is 81.4 Å². The molecule has 0 radical (unpaired) electrons. The van der Waals surface area contributed by atoms with E-state index in [1.807, 2.05) is 41.8 Å². The van der Waals surface area contributed by atoms with Gasteiger partial charge in [0.15, 0.2) is 0 Å². The molecule has 13 aromatic rings. The molecular formula is C59H38N6S. The number of rotatable bonds is 8. The van der Waals surface area contributed by atoms with E-state index in [-0.39, 0.29) is 0 Å². The van der Waals surface area contributed by atoms with Gasteiger partial charge in [0.2, 0.25) is 0 Å². The van der Waals surface area contributed by atoms with Gasteiger partial charge in [0.1, 0.15) is 11.6 Å². The Labute approximate surface area is 384 Å². The predicted octanol–water partition coefficient (Wildman–Crippen LogP) is 15.8. The van der Waals surface area contributed by atoms with Gasteiger partial charge >= 0.3 is 0 Å². The van der Waals surface area contributed by atoms with Gasteiger partial charge in [-0.1, -0.05) is 97.1 Å². The van der Waals surface area contributed by atoms with Crippen molar-refractivity contribution in [1.82, 2.24) is 24.1 Å². The highest BCUT2D eigenvalue weighted by Crippen LogP contribution is 2.41. The van der Waals surface area contributed by atoms with Crippen molar-refractivity contribution in [3.63, 3.8) is 0 Å². The minimum absolute atomic E-state index is 0.897. The SMILES string of the molecule is c1ccc(-n2c(-c3ccc(N(c4ccc(-c5nc6ccccc6n5-c5ccccc5)cc4)c4ccc5cc(-c6cc7sc8ccccc8c7cn6)ccc5c4)cc3)nc3ccccc32)cc1. The van der Waals surface area contributed by atoms with Crippen molar-refractivity contribution in [2.24, 2.45) is 0 Å². The van der Waals surface area contributed by atoms with Crippen LogP contribution < -0.4 is 4.90 Å². The van der Waals surface area contributed by atoms with Crippen molar-refractivity contribution in [3.8, 4) is 45.4 Å². The fraction of sp³-hybridized carbons (Fsp3) is 0. The average Bonchev–Trinajstić information content (AvgIpc) is 4.09. The van der Waals surface area contributed by atoms with Crippen LogP contribution >= 0.6 is 11.3 Å². The van der Waals surface area contributed by atoms with Gasteiger partial charge in [-0.3, -0.25) is 14.1 Å². The van der Waals surface area contributed by atoms with Crippen LogP contribution in [0.1, 0.15) is 0 Å². The normalized spacial score (nSPS) is 11.6. The maximum absolute atomic E-state index is 5.16. The van der Waals surface area contributed by atoms with E-state index in [4.69, 9.17) is 15.0 Å². The van der Waals surface area contributed by atoms with Gasteiger partial charge < -0.3 is 4.90 Å². The van der Waals surface area contributed by atoms with Crippen LogP contribution in [-0.2, 0) is 0 Å². The number of pyridine rings is 1. The Kier molecular flexibility index (Phi) is 8.92. The highest BCUT2D eigenvalue weighted by Gasteiger charge is 2.19. The highest BCUT2D eigenvalue weighted by molar-refractivity contribution is 7.25. The molecule has 0 amide bonds. The molecule has 66 heavy (non-hydrogen) atoms. The molecule has 0 aliphatic heterocycles. The van der Waals surface area contributed by atoms with Crippen molar-refractivity contribution in [1.29, 1.82) is 0 Å². The molecule has 0 aliphatic carbocycles. The minimum Gasteiger partial charge on any atom is -0.310 e. The second-order valence-electron chi connectivity index (χ2n) is 16.5. The van der Waals surface area contributed by atoms with Crippen molar-refractivity contribution in [3.05, 3.63) is 231 Å². The number of fused-ring (bicyclic) bond motifs is 6. The number of anilines is 3. The fourth-order valence-electron chi connectivity index (χ4n) is 9.39. The number of nitrogens with zero attached hydrogens (tertiary/aromatic N) is 6. The number of imidazole rings is 2. The van der Waals surface area contributed by atoms with Gasteiger partial charge in [-0.2, -0.15) is 0 Å². The summed E-state index contributed by atoms with van der Waals surface area (Å²) >= 11 is 1.82. The summed E-state index contributed by atoms with van der Waals surface area (Å²) < 4.78 is 7.03. The Morgan fingerprint density at radius 3 is 1.50 bits per heavy atom. The summed E-state index contributed by atoms with van der Waals surface area (Å²) in [6.45, 7) is 0. The molecule has 0 unspecified atom stereocenters. The average molecular weight is 863 g/mol. The van der Waals surface area contributed by atoms with E-state index in [1.54, 1.807) is 0 Å².